The van der Waals surface area contributed by atoms with Crippen LogP contribution in [0.3, 0.4) is 0 Å². The molecule has 0 saturated carbocycles. The Morgan fingerprint density at radius 2 is 1.94 bits per heavy atom. The van der Waals surface area contributed by atoms with Gasteiger partial charge >= 0.3 is 0 Å². The SMILES string of the molecule is COc1nc(Sc2ccccc2Br)ncc1Br. The summed E-state index contributed by atoms with van der Waals surface area (Å²) < 4.78 is 6.90. The van der Waals surface area contributed by atoms with E-state index in [-0.39, 0.29) is 0 Å². The molecule has 1 aromatic heterocycles. The summed E-state index contributed by atoms with van der Waals surface area (Å²) in [5.41, 5.74) is 0. The monoisotopic (exact) mass is 374 g/mol. The third-order valence-corrected chi connectivity index (χ3v) is 4.37. The van der Waals surface area contributed by atoms with E-state index in [1.807, 2.05) is 24.3 Å². The summed E-state index contributed by atoms with van der Waals surface area (Å²) in [5, 5.41) is 0.650. The normalized spacial score (nSPS) is 10.3. The summed E-state index contributed by atoms with van der Waals surface area (Å²) in [5.74, 6) is 0.537. The average molecular weight is 376 g/mol. The number of ether oxygens (including phenoxy) is 1. The smallest absolute Gasteiger partial charge is 0.231 e. The van der Waals surface area contributed by atoms with Crippen molar-refractivity contribution in [2.45, 2.75) is 10.1 Å². The summed E-state index contributed by atoms with van der Waals surface area (Å²) in [4.78, 5) is 9.58. The summed E-state index contributed by atoms with van der Waals surface area (Å²) in [6.07, 6.45) is 1.69. The van der Waals surface area contributed by atoms with Crippen LogP contribution in [0.2, 0.25) is 0 Å². The van der Waals surface area contributed by atoms with Crippen LogP contribution in [0.4, 0.5) is 0 Å². The van der Waals surface area contributed by atoms with Crippen molar-refractivity contribution in [2.75, 3.05) is 7.11 Å². The van der Waals surface area contributed by atoms with E-state index >= 15 is 0 Å². The Morgan fingerprint density at radius 3 is 2.65 bits per heavy atom. The maximum absolute atomic E-state index is 5.13. The molecule has 1 aromatic carbocycles. The Morgan fingerprint density at radius 1 is 1.18 bits per heavy atom. The predicted octanol–water partition coefficient (Wildman–Crippen LogP) is 4.16. The van der Waals surface area contributed by atoms with Crippen molar-refractivity contribution < 1.29 is 4.74 Å². The molecule has 2 aromatic rings. The molecule has 0 atom stereocenters. The van der Waals surface area contributed by atoms with Crippen LogP contribution in [-0.2, 0) is 0 Å². The van der Waals surface area contributed by atoms with E-state index in [1.54, 1.807) is 13.3 Å². The first kappa shape index (κ1) is 12.9. The van der Waals surface area contributed by atoms with Gasteiger partial charge in [0.15, 0.2) is 5.16 Å². The average Bonchev–Trinajstić information content (AvgIpc) is 2.34. The van der Waals surface area contributed by atoms with Gasteiger partial charge in [0, 0.05) is 15.6 Å². The van der Waals surface area contributed by atoms with Crippen LogP contribution in [0.5, 0.6) is 5.88 Å². The van der Waals surface area contributed by atoms with Crippen LogP contribution in [0.25, 0.3) is 0 Å². The second-order valence-electron chi connectivity index (χ2n) is 3.04. The molecule has 88 valence electrons. The van der Waals surface area contributed by atoms with Gasteiger partial charge in [0.25, 0.3) is 0 Å². The number of aromatic nitrogens is 2. The van der Waals surface area contributed by atoms with Gasteiger partial charge in [0.05, 0.1) is 11.6 Å². The van der Waals surface area contributed by atoms with Gasteiger partial charge in [-0.25, -0.2) is 4.98 Å². The van der Waals surface area contributed by atoms with Crippen LogP contribution < -0.4 is 4.74 Å². The Balaban J connectivity index is 2.28. The highest BCUT2D eigenvalue weighted by molar-refractivity contribution is 9.10. The molecular weight excluding hydrogens is 368 g/mol. The first-order chi connectivity index (χ1) is 8.20. The molecule has 0 aliphatic heterocycles. The fourth-order valence-corrected chi connectivity index (χ4v) is 2.78. The lowest BCUT2D eigenvalue weighted by molar-refractivity contribution is 0.389. The van der Waals surface area contributed by atoms with E-state index < -0.39 is 0 Å². The molecule has 0 aliphatic rings. The maximum atomic E-state index is 5.13. The number of halogens is 2. The van der Waals surface area contributed by atoms with Crippen molar-refractivity contribution in [1.82, 2.24) is 9.97 Å². The molecule has 0 amide bonds. The lowest BCUT2D eigenvalue weighted by atomic mass is 10.4. The van der Waals surface area contributed by atoms with E-state index in [9.17, 15) is 0 Å². The van der Waals surface area contributed by atoms with Crippen molar-refractivity contribution in [1.29, 1.82) is 0 Å². The van der Waals surface area contributed by atoms with Crippen molar-refractivity contribution in [3.05, 3.63) is 39.4 Å². The van der Waals surface area contributed by atoms with Crippen LogP contribution in [-0.4, -0.2) is 17.1 Å². The van der Waals surface area contributed by atoms with Crippen molar-refractivity contribution in [3.63, 3.8) is 0 Å². The molecule has 0 spiro atoms. The van der Waals surface area contributed by atoms with Gasteiger partial charge < -0.3 is 4.74 Å². The van der Waals surface area contributed by atoms with E-state index in [1.165, 1.54) is 11.8 Å². The van der Waals surface area contributed by atoms with E-state index in [0.717, 1.165) is 13.8 Å². The molecule has 0 N–H and O–H groups in total. The molecule has 0 saturated heterocycles. The predicted molar refractivity (Wildman–Crippen MR) is 74.5 cm³/mol. The van der Waals surface area contributed by atoms with Crippen LogP contribution in [0, 0.1) is 0 Å². The Labute approximate surface area is 120 Å². The van der Waals surface area contributed by atoms with E-state index in [2.05, 4.69) is 41.8 Å². The van der Waals surface area contributed by atoms with Crippen molar-refractivity contribution in [2.24, 2.45) is 0 Å². The topological polar surface area (TPSA) is 35.0 Å². The molecule has 0 radical (unpaired) electrons. The van der Waals surface area contributed by atoms with Gasteiger partial charge in [-0.05, 0) is 55.8 Å². The first-order valence-corrected chi connectivity index (χ1v) is 7.10. The number of rotatable bonds is 3. The number of nitrogens with zero attached hydrogens (tertiary/aromatic N) is 2. The lowest BCUT2D eigenvalue weighted by Crippen LogP contribution is -1.93. The van der Waals surface area contributed by atoms with Gasteiger partial charge in [-0.3, -0.25) is 0 Å². The third-order valence-electron chi connectivity index (χ3n) is 1.92. The number of methoxy groups -OCH3 is 1. The fraction of sp³-hybridized carbons (Fsp3) is 0.0909. The quantitative estimate of drug-likeness (QED) is 0.754. The van der Waals surface area contributed by atoms with Crippen LogP contribution in [0.15, 0.2) is 49.5 Å². The van der Waals surface area contributed by atoms with Crippen LogP contribution in [0.1, 0.15) is 0 Å². The first-order valence-electron chi connectivity index (χ1n) is 4.69. The minimum absolute atomic E-state index is 0.537. The fourth-order valence-electron chi connectivity index (χ4n) is 1.15. The lowest BCUT2D eigenvalue weighted by Gasteiger charge is -2.05. The molecule has 2 rings (SSSR count). The molecular formula is C11H8Br2N2OS. The number of hydrogen-bond donors (Lipinski definition) is 0. The largest absolute Gasteiger partial charge is 0.480 e. The minimum atomic E-state index is 0.537. The van der Waals surface area contributed by atoms with Crippen LogP contribution >= 0.6 is 43.6 Å². The highest BCUT2D eigenvalue weighted by Gasteiger charge is 2.08. The molecule has 0 aliphatic carbocycles. The van der Waals surface area contributed by atoms with E-state index in [4.69, 9.17) is 4.74 Å². The molecule has 0 fully saturated rings. The molecule has 0 unspecified atom stereocenters. The maximum Gasteiger partial charge on any atom is 0.231 e. The summed E-state index contributed by atoms with van der Waals surface area (Å²) in [6.45, 7) is 0. The van der Waals surface area contributed by atoms with Gasteiger partial charge in [-0.15, -0.1) is 0 Å². The molecule has 3 nitrogen and oxygen atoms in total. The zero-order chi connectivity index (χ0) is 12.3. The van der Waals surface area contributed by atoms with Gasteiger partial charge in [0.1, 0.15) is 0 Å². The van der Waals surface area contributed by atoms with Gasteiger partial charge in [-0.2, -0.15) is 4.98 Å². The van der Waals surface area contributed by atoms with E-state index in [0.29, 0.717) is 11.0 Å². The molecule has 17 heavy (non-hydrogen) atoms. The zero-order valence-electron chi connectivity index (χ0n) is 8.85. The standard InChI is InChI=1S/C11H8Br2N2OS/c1-16-10-8(13)6-14-11(15-10)17-9-5-3-2-4-7(9)12/h2-6H,1H3. The minimum Gasteiger partial charge on any atom is -0.480 e. The summed E-state index contributed by atoms with van der Waals surface area (Å²) in [7, 11) is 1.58. The number of benzene rings is 1. The van der Waals surface area contributed by atoms with Crippen molar-refractivity contribution >= 4 is 43.6 Å². The molecule has 1 heterocycles. The van der Waals surface area contributed by atoms with Gasteiger partial charge in [0.2, 0.25) is 5.88 Å². The second-order valence-corrected chi connectivity index (χ2v) is 5.76. The highest BCUT2D eigenvalue weighted by atomic mass is 79.9. The van der Waals surface area contributed by atoms with Crippen molar-refractivity contribution in [3.8, 4) is 5.88 Å². The Hall–Kier alpha value is -0.590. The van der Waals surface area contributed by atoms with Gasteiger partial charge in [-0.1, -0.05) is 12.1 Å². The summed E-state index contributed by atoms with van der Waals surface area (Å²) in [6, 6.07) is 7.94. The highest BCUT2D eigenvalue weighted by Crippen LogP contribution is 2.33. The Kier molecular flexibility index (Phi) is 4.42. The summed E-state index contributed by atoms with van der Waals surface area (Å²) >= 11 is 8.29. The number of hydrogen-bond acceptors (Lipinski definition) is 4. The third kappa shape index (κ3) is 3.20. The molecule has 6 heteroatoms. The Bertz CT molecular complexity index is 537. The second kappa shape index (κ2) is 5.84. The zero-order valence-corrected chi connectivity index (χ0v) is 12.8. The molecule has 0 bridgehead atoms.